The molecule has 1 saturated heterocycles. The summed E-state index contributed by atoms with van der Waals surface area (Å²) in [6.45, 7) is 1.13. The molecule has 1 aromatic rings. The number of hydrogen-bond donors (Lipinski definition) is 2. The molecule has 0 saturated carbocycles. The highest BCUT2D eigenvalue weighted by Crippen LogP contribution is 2.20. The molecule has 0 spiro atoms. The minimum Gasteiger partial charge on any atom is -0.395 e. The van der Waals surface area contributed by atoms with Crippen molar-refractivity contribution >= 4 is 0 Å². The molecule has 4 heteroatoms. The fourth-order valence-corrected chi connectivity index (χ4v) is 1.66. The van der Waals surface area contributed by atoms with Crippen LogP contribution >= 0.6 is 0 Å². The molecule has 1 aliphatic rings. The van der Waals surface area contributed by atoms with Crippen molar-refractivity contribution in [2.24, 2.45) is 0 Å². The third-order valence-electron chi connectivity index (χ3n) is 2.53. The Balaban J connectivity index is 2.01. The monoisotopic (exact) mass is 211 g/mol. The van der Waals surface area contributed by atoms with E-state index in [9.17, 15) is 4.39 Å². The van der Waals surface area contributed by atoms with E-state index in [0.29, 0.717) is 13.2 Å². The van der Waals surface area contributed by atoms with Crippen LogP contribution < -0.4 is 5.32 Å². The summed E-state index contributed by atoms with van der Waals surface area (Å²) >= 11 is 0. The Morgan fingerprint density at radius 1 is 1.53 bits per heavy atom. The smallest absolute Gasteiger partial charge is 0.123 e. The molecule has 0 aliphatic carbocycles. The number of hydrogen-bond acceptors (Lipinski definition) is 3. The Morgan fingerprint density at radius 2 is 2.40 bits per heavy atom. The van der Waals surface area contributed by atoms with Gasteiger partial charge in [-0.2, -0.15) is 0 Å². The third-order valence-corrected chi connectivity index (χ3v) is 2.53. The van der Waals surface area contributed by atoms with E-state index in [4.69, 9.17) is 9.84 Å². The Kier molecular flexibility index (Phi) is 3.30. The first-order chi connectivity index (χ1) is 7.29. The van der Waals surface area contributed by atoms with Crippen LogP contribution in [0.2, 0.25) is 0 Å². The predicted octanol–water partition coefficient (Wildman–Crippen LogP) is 0.847. The van der Waals surface area contributed by atoms with Crippen molar-refractivity contribution in [1.82, 2.24) is 5.32 Å². The Labute approximate surface area is 87.9 Å². The van der Waals surface area contributed by atoms with Gasteiger partial charge in [0.15, 0.2) is 0 Å². The summed E-state index contributed by atoms with van der Waals surface area (Å²) < 4.78 is 18.5. The van der Waals surface area contributed by atoms with E-state index in [1.54, 1.807) is 6.07 Å². The predicted molar refractivity (Wildman–Crippen MR) is 54.0 cm³/mol. The molecule has 1 aliphatic heterocycles. The van der Waals surface area contributed by atoms with Crippen LogP contribution in [0.25, 0.3) is 0 Å². The van der Waals surface area contributed by atoms with E-state index in [0.717, 1.165) is 5.56 Å². The summed E-state index contributed by atoms with van der Waals surface area (Å²) in [5.41, 5.74) is 0.832. The first kappa shape index (κ1) is 10.5. The van der Waals surface area contributed by atoms with Crippen LogP contribution in [-0.2, 0) is 4.74 Å². The van der Waals surface area contributed by atoms with Crippen molar-refractivity contribution in [1.29, 1.82) is 0 Å². The van der Waals surface area contributed by atoms with Gasteiger partial charge < -0.3 is 15.2 Å². The average molecular weight is 211 g/mol. The molecule has 2 atom stereocenters. The van der Waals surface area contributed by atoms with Crippen molar-refractivity contribution in [3.05, 3.63) is 35.6 Å². The van der Waals surface area contributed by atoms with Gasteiger partial charge in [0.1, 0.15) is 5.82 Å². The van der Waals surface area contributed by atoms with Gasteiger partial charge in [0, 0.05) is 6.54 Å². The molecule has 1 fully saturated rings. The molecular formula is C11H14FNO2. The van der Waals surface area contributed by atoms with E-state index >= 15 is 0 Å². The molecule has 3 nitrogen and oxygen atoms in total. The molecule has 0 aromatic heterocycles. The molecule has 2 unspecified atom stereocenters. The maximum absolute atomic E-state index is 12.9. The number of nitrogens with one attached hydrogen (secondary N) is 1. The number of ether oxygens (including phenoxy) is 1. The second-order valence-corrected chi connectivity index (χ2v) is 3.66. The van der Waals surface area contributed by atoms with Crippen molar-refractivity contribution in [3.8, 4) is 0 Å². The van der Waals surface area contributed by atoms with Crippen molar-refractivity contribution in [2.45, 2.75) is 12.1 Å². The van der Waals surface area contributed by atoms with Gasteiger partial charge in [-0.25, -0.2) is 4.39 Å². The third kappa shape index (κ3) is 2.53. The summed E-state index contributed by atoms with van der Waals surface area (Å²) in [6.07, 6.45) is -0.122. The Morgan fingerprint density at radius 3 is 3.00 bits per heavy atom. The van der Waals surface area contributed by atoms with Gasteiger partial charge in [-0.1, -0.05) is 12.1 Å². The van der Waals surface area contributed by atoms with Gasteiger partial charge in [0.05, 0.1) is 25.4 Å². The van der Waals surface area contributed by atoms with E-state index in [1.165, 1.54) is 12.1 Å². The number of aliphatic hydroxyl groups excluding tert-OH is 1. The second-order valence-electron chi connectivity index (χ2n) is 3.66. The zero-order valence-corrected chi connectivity index (χ0v) is 8.32. The number of rotatable bonds is 2. The maximum Gasteiger partial charge on any atom is 0.123 e. The molecule has 2 N–H and O–H groups in total. The van der Waals surface area contributed by atoms with E-state index in [1.807, 2.05) is 6.07 Å². The van der Waals surface area contributed by atoms with Gasteiger partial charge >= 0.3 is 0 Å². The zero-order chi connectivity index (χ0) is 10.7. The van der Waals surface area contributed by atoms with Crippen LogP contribution in [0.3, 0.4) is 0 Å². The van der Waals surface area contributed by atoms with Crippen molar-refractivity contribution in [3.63, 3.8) is 0 Å². The fourth-order valence-electron chi connectivity index (χ4n) is 1.66. The minimum absolute atomic E-state index is 0.00481. The lowest BCUT2D eigenvalue weighted by atomic mass is 10.1. The van der Waals surface area contributed by atoms with Gasteiger partial charge in [-0.05, 0) is 17.7 Å². The lowest BCUT2D eigenvalue weighted by molar-refractivity contribution is -0.00965. The summed E-state index contributed by atoms with van der Waals surface area (Å²) in [4.78, 5) is 0. The average Bonchev–Trinajstić information content (AvgIpc) is 2.29. The molecule has 0 bridgehead atoms. The van der Waals surface area contributed by atoms with Crippen LogP contribution in [0.15, 0.2) is 24.3 Å². The van der Waals surface area contributed by atoms with E-state index in [2.05, 4.69) is 5.32 Å². The summed E-state index contributed by atoms with van der Waals surface area (Å²) in [6, 6.07) is 6.40. The molecular weight excluding hydrogens is 197 g/mol. The number of aliphatic hydroxyl groups is 1. The zero-order valence-electron chi connectivity index (χ0n) is 8.32. The second kappa shape index (κ2) is 4.70. The summed E-state index contributed by atoms with van der Waals surface area (Å²) in [5, 5.41) is 12.0. The lowest BCUT2D eigenvalue weighted by Crippen LogP contribution is -2.44. The summed E-state index contributed by atoms with van der Waals surface area (Å²) in [5.74, 6) is -0.250. The number of halogens is 1. The number of benzene rings is 1. The molecule has 82 valence electrons. The Bertz CT molecular complexity index is 324. The quantitative estimate of drug-likeness (QED) is 0.762. The molecule has 0 radical (unpaired) electrons. The fraction of sp³-hybridized carbons (Fsp3) is 0.455. The van der Waals surface area contributed by atoms with Crippen LogP contribution in [-0.4, -0.2) is 30.9 Å². The SMILES string of the molecule is OCC1COC(c2cccc(F)c2)CN1. The number of morpholine rings is 1. The van der Waals surface area contributed by atoms with Crippen LogP contribution in [0.5, 0.6) is 0 Å². The van der Waals surface area contributed by atoms with Crippen LogP contribution in [0.1, 0.15) is 11.7 Å². The topological polar surface area (TPSA) is 41.5 Å². The van der Waals surface area contributed by atoms with Crippen LogP contribution in [0, 0.1) is 5.82 Å². The highest BCUT2D eigenvalue weighted by molar-refractivity contribution is 5.19. The van der Waals surface area contributed by atoms with Gasteiger partial charge in [-0.3, -0.25) is 0 Å². The lowest BCUT2D eigenvalue weighted by Gasteiger charge is -2.29. The molecule has 15 heavy (non-hydrogen) atoms. The van der Waals surface area contributed by atoms with Gasteiger partial charge in [0.25, 0.3) is 0 Å². The van der Waals surface area contributed by atoms with Crippen molar-refractivity contribution in [2.75, 3.05) is 19.8 Å². The minimum atomic E-state index is -0.250. The van der Waals surface area contributed by atoms with E-state index < -0.39 is 0 Å². The van der Waals surface area contributed by atoms with Crippen LogP contribution in [0.4, 0.5) is 4.39 Å². The molecule has 1 aromatic carbocycles. The maximum atomic E-state index is 12.9. The normalized spacial score (nSPS) is 26.5. The Hall–Kier alpha value is -0.970. The first-order valence-corrected chi connectivity index (χ1v) is 5.01. The van der Waals surface area contributed by atoms with E-state index in [-0.39, 0.29) is 24.6 Å². The summed E-state index contributed by atoms with van der Waals surface area (Å²) in [7, 11) is 0. The highest BCUT2D eigenvalue weighted by atomic mass is 19.1. The van der Waals surface area contributed by atoms with Gasteiger partial charge in [0.2, 0.25) is 0 Å². The molecule has 2 rings (SSSR count). The molecule has 1 heterocycles. The largest absolute Gasteiger partial charge is 0.395 e. The standard InChI is InChI=1S/C11H14FNO2/c12-9-3-1-2-8(4-9)11-5-13-10(6-14)7-15-11/h1-4,10-11,13-14H,5-7H2. The van der Waals surface area contributed by atoms with Gasteiger partial charge in [-0.15, -0.1) is 0 Å². The molecule has 0 amide bonds. The first-order valence-electron chi connectivity index (χ1n) is 5.01. The highest BCUT2D eigenvalue weighted by Gasteiger charge is 2.21. The van der Waals surface area contributed by atoms with Crippen molar-refractivity contribution < 1.29 is 14.2 Å².